The molecule has 2 nitrogen and oxygen atoms in total. The van der Waals surface area contributed by atoms with Crippen molar-refractivity contribution in [2.24, 2.45) is 5.92 Å². The van der Waals surface area contributed by atoms with Crippen LogP contribution in [0.15, 0.2) is 24.3 Å². The topological polar surface area (TPSA) is 18.5 Å². The molecule has 1 rings (SSSR count). The predicted octanol–water partition coefficient (Wildman–Crippen LogP) is 6.44. The first kappa shape index (κ1) is 25.4. The molecule has 11 heteroatoms. The molecule has 0 saturated heterocycles. The number of methoxy groups -OCH3 is 1. The largest absolute Gasteiger partial charge is 0.493 e. The molecule has 1 atom stereocenters. The minimum absolute atomic E-state index is 0.00638. The maximum atomic E-state index is 14.2. The third-order valence-electron chi connectivity index (χ3n) is 4.25. The van der Waals surface area contributed by atoms with Crippen molar-refractivity contribution in [3.63, 3.8) is 0 Å². The van der Waals surface area contributed by atoms with Crippen LogP contribution in [-0.2, 0) is 10.3 Å². The molecule has 1 unspecified atom stereocenters. The number of rotatable bonds is 9. The monoisotopic (exact) mass is 440 g/mol. The van der Waals surface area contributed by atoms with Crippen molar-refractivity contribution in [3.05, 3.63) is 29.8 Å². The summed E-state index contributed by atoms with van der Waals surface area (Å²) >= 11 is 0. The molecule has 0 aliphatic heterocycles. The molecule has 1 aromatic rings. The van der Waals surface area contributed by atoms with E-state index in [4.69, 9.17) is 9.47 Å². The van der Waals surface area contributed by atoms with Gasteiger partial charge in [0.2, 0.25) is 0 Å². The van der Waals surface area contributed by atoms with Gasteiger partial charge in [-0.05, 0) is 18.9 Å². The second kappa shape index (κ2) is 8.23. The summed E-state index contributed by atoms with van der Waals surface area (Å²) in [4.78, 5) is 0. The van der Waals surface area contributed by atoms with Crippen LogP contribution in [0.4, 0.5) is 39.5 Å². The standard InChI is InChI=1S/C18H21F9O2/c1-11(2)9-29-13-8-6-5-7-12(13)14(3,28-4)10-15(19,20)16(21,22)17(23,24)18(25,26)27/h5-8,11H,9-10H2,1-4H3. The fraction of sp³-hybridized carbons (Fsp3) is 0.667. The van der Waals surface area contributed by atoms with E-state index in [1.54, 1.807) is 13.8 Å². The van der Waals surface area contributed by atoms with Crippen LogP contribution in [0.5, 0.6) is 5.75 Å². The molecule has 0 spiro atoms. The summed E-state index contributed by atoms with van der Waals surface area (Å²) in [5.74, 6) is -19.5. The maximum absolute atomic E-state index is 14.2. The smallest absolute Gasteiger partial charge is 0.460 e. The maximum Gasteiger partial charge on any atom is 0.460 e. The first-order valence-corrected chi connectivity index (χ1v) is 8.40. The zero-order chi connectivity index (χ0) is 22.9. The average molecular weight is 440 g/mol. The Labute approximate surface area is 162 Å². The van der Waals surface area contributed by atoms with Gasteiger partial charge in [-0.2, -0.15) is 39.5 Å². The molecule has 0 saturated carbocycles. The van der Waals surface area contributed by atoms with Crippen LogP contribution in [0.1, 0.15) is 32.8 Å². The fourth-order valence-corrected chi connectivity index (χ4v) is 2.51. The van der Waals surface area contributed by atoms with E-state index in [0.717, 1.165) is 14.0 Å². The molecule has 0 aliphatic carbocycles. The highest BCUT2D eigenvalue weighted by atomic mass is 19.4. The SMILES string of the molecule is COC(C)(CC(F)(F)C(F)(F)C(F)(F)C(F)(F)F)c1ccccc1OCC(C)C. The van der Waals surface area contributed by atoms with Crippen LogP contribution >= 0.6 is 0 Å². The van der Waals surface area contributed by atoms with Gasteiger partial charge in [0.05, 0.1) is 18.6 Å². The van der Waals surface area contributed by atoms with Crippen LogP contribution in [0.2, 0.25) is 0 Å². The number of halogens is 9. The summed E-state index contributed by atoms with van der Waals surface area (Å²) in [6.07, 6.45) is -9.03. The quantitative estimate of drug-likeness (QED) is 0.412. The average Bonchev–Trinajstić information content (AvgIpc) is 2.58. The van der Waals surface area contributed by atoms with Gasteiger partial charge in [-0.25, -0.2) is 0 Å². The van der Waals surface area contributed by atoms with Crippen molar-refractivity contribution in [3.8, 4) is 5.75 Å². The van der Waals surface area contributed by atoms with Crippen molar-refractivity contribution < 1.29 is 49.0 Å². The van der Waals surface area contributed by atoms with E-state index in [1.165, 1.54) is 24.3 Å². The summed E-state index contributed by atoms with van der Waals surface area (Å²) in [7, 11) is 0.843. The summed E-state index contributed by atoms with van der Waals surface area (Å²) in [6, 6.07) is 5.26. The predicted molar refractivity (Wildman–Crippen MR) is 86.6 cm³/mol. The molecule has 0 aliphatic rings. The first-order valence-electron chi connectivity index (χ1n) is 8.40. The number of benzene rings is 1. The summed E-state index contributed by atoms with van der Waals surface area (Å²) in [6.45, 7) is 4.52. The van der Waals surface area contributed by atoms with Gasteiger partial charge >= 0.3 is 23.9 Å². The van der Waals surface area contributed by atoms with E-state index in [1.807, 2.05) is 0 Å². The Morgan fingerprint density at radius 1 is 0.862 bits per heavy atom. The van der Waals surface area contributed by atoms with Crippen LogP contribution in [0.3, 0.4) is 0 Å². The van der Waals surface area contributed by atoms with Gasteiger partial charge in [0, 0.05) is 12.7 Å². The Hall–Kier alpha value is -1.65. The molecule has 0 amide bonds. The molecular weight excluding hydrogens is 419 g/mol. The number of alkyl halides is 9. The van der Waals surface area contributed by atoms with Crippen molar-refractivity contribution in [1.29, 1.82) is 0 Å². The molecule has 0 N–H and O–H groups in total. The van der Waals surface area contributed by atoms with Crippen LogP contribution < -0.4 is 4.74 Å². The third kappa shape index (κ3) is 4.92. The van der Waals surface area contributed by atoms with Crippen molar-refractivity contribution in [2.45, 2.75) is 56.7 Å². The van der Waals surface area contributed by atoms with E-state index in [2.05, 4.69) is 0 Å². The van der Waals surface area contributed by atoms with Gasteiger partial charge in [-0.3, -0.25) is 0 Å². The lowest BCUT2D eigenvalue weighted by atomic mass is 9.85. The third-order valence-corrected chi connectivity index (χ3v) is 4.25. The number of hydrogen-bond donors (Lipinski definition) is 0. The molecule has 0 heterocycles. The molecular formula is C18H21F9O2. The lowest BCUT2D eigenvalue weighted by molar-refractivity contribution is -0.400. The number of para-hydroxylation sites is 1. The Morgan fingerprint density at radius 3 is 1.83 bits per heavy atom. The summed E-state index contributed by atoms with van der Waals surface area (Å²) in [5, 5.41) is 0. The molecule has 1 aromatic carbocycles. The molecule has 0 fully saturated rings. The molecule has 0 radical (unpaired) electrons. The highest BCUT2D eigenvalue weighted by molar-refractivity contribution is 5.38. The Kier molecular flexibility index (Phi) is 7.21. The van der Waals surface area contributed by atoms with Gasteiger partial charge in [0.1, 0.15) is 5.75 Å². The van der Waals surface area contributed by atoms with Crippen molar-refractivity contribution >= 4 is 0 Å². The van der Waals surface area contributed by atoms with E-state index in [0.29, 0.717) is 0 Å². The lowest BCUT2D eigenvalue weighted by Crippen LogP contribution is -2.62. The number of hydrogen-bond acceptors (Lipinski definition) is 2. The van der Waals surface area contributed by atoms with E-state index in [-0.39, 0.29) is 23.8 Å². The minimum Gasteiger partial charge on any atom is -0.493 e. The number of ether oxygens (including phenoxy) is 2. The van der Waals surface area contributed by atoms with Crippen LogP contribution in [0.25, 0.3) is 0 Å². The second-order valence-corrected chi connectivity index (χ2v) is 7.16. The molecule has 0 bridgehead atoms. The lowest BCUT2D eigenvalue weighted by Gasteiger charge is -2.39. The fourth-order valence-electron chi connectivity index (χ4n) is 2.51. The molecule has 29 heavy (non-hydrogen) atoms. The van der Waals surface area contributed by atoms with E-state index in [9.17, 15) is 39.5 Å². The Balaban J connectivity index is 3.38. The molecule has 168 valence electrons. The van der Waals surface area contributed by atoms with Gasteiger partial charge in [-0.15, -0.1) is 0 Å². The highest BCUT2D eigenvalue weighted by Gasteiger charge is 2.82. The summed E-state index contributed by atoms with van der Waals surface area (Å²) in [5.41, 5.74) is -2.56. The minimum atomic E-state index is -6.95. The van der Waals surface area contributed by atoms with Crippen molar-refractivity contribution in [1.82, 2.24) is 0 Å². The highest BCUT2D eigenvalue weighted by Crippen LogP contribution is 2.56. The van der Waals surface area contributed by atoms with E-state index >= 15 is 0 Å². The normalized spacial score (nSPS) is 16.1. The second-order valence-electron chi connectivity index (χ2n) is 7.16. The Morgan fingerprint density at radius 2 is 1.38 bits per heavy atom. The summed E-state index contributed by atoms with van der Waals surface area (Å²) < 4.78 is 129. The zero-order valence-electron chi connectivity index (χ0n) is 16.0. The van der Waals surface area contributed by atoms with Gasteiger partial charge < -0.3 is 9.47 Å². The van der Waals surface area contributed by atoms with E-state index < -0.39 is 36.0 Å². The first-order chi connectivity index (χ1) is 12.9. The van der Waals surface area contributed by atoms with Gasteiger partial charge in [0.25, 0.3) is 0 Å². The Bertz CT molecular complexity index is 686. The zero-order valence-corrected chi connectivity index (χ0v) is 16.0. The molecule has 0 aromatic heterocycles. The van der Waals surface area contributed by atoms with Crippen molar-refractivity contribution in [2.75, 3.05) is 13.7 Å². The van der Waals surface area contributed by atoms with Gasteiger partial charge in [-0.1, -0.05) is 32.0 Å². The van der Waals surface area contributed by atoms with Crippen LogP contribution in [0, 0.1) is 5.92 Å². The van der Waals surface area contributed by atoms with Crippen LogP contribution in [-0.4, -0.2) is 37.7 Å². The van der Waals surface area contributed by atoms with Gasteiger partial charge in [0.15, 0.2) is 0 Å².